The molecule has 2 heterocycles. The maximum atomic E-state index is 3.53. The molecule has 19 heavy (non-hydrogen) atoms. The Morgan fingerprint density at radius 2 is 2.42 bits per heavy atom. The van der Waals surface area contributed by atoms with Gasteiger partial charge >= 0.3 is 0 Å². The molecule has 0 spiro atoms. The van der Waals surface area contributed by atoms with Crippen LogP contribution in [0, 0.1) is 0 Å². The number of nitrogens with zero attached hydrogens (tertiary/aromatic N) is 2. The summed E-state index contributed by atoms with van der Waals surface area (Å²) in [5, 5.41) is 5.67. The maximum Gasteiger partial charge on any atom is 0.0300 e. The Hall–Kier alpha value is 0.0600. The molecule has 1 aliphatic heterocycles. The van der Waals surface area contributed by atoms with Crippen LogP contribution < -0.4 is 5.32 Å². The summed E-state index contributed by atoms with van der Waals surface area (Å²) in [6, 6.07) is 2.92. The molecule has 1 N–H and O–H groups in total. The van der Waals surface area contributed by atoms with Crippen LogP contribution in [0.2, 0.25) is 0 Å². The third-order valence-electron chi connectivity index (χ3n) is 3.79. The van der Waals surface area contributed by atoms with E-state index in [4.69, 9.17) is 0 Å². The van der Waals surface area contributed by atoms with Crippen LogP contribution in [0.4, 0.5) is 0 Å². The first-order valence-corrected chi connectivity index (χ1v) is 8.65. The first kappa shape index (κ1) is 15.4. The van der Waals surface area contributed by atoms with E-state index < -0.39 is 0 Å². The quantitative estimate of drug-likeness (QED) is 0.799. The maximum absolute atomic E-state index is 3.53. The lowest BCUT2D eigenvalue weighted by atomic mass is 10.1. The van der Waals surface area contributed by atoms with Gasteiger partial charge in [0.1, 0.15) is 0 Å². The minimum absolute atomic E-state index is 0.733. The first-order chi connectivity index (χ1) is 9.15. The van der Waals surface area contributed by atoms with E-state index in [0.717, 1.165) is 25.7 Å². The van der Waals surface area contributed by atoms with Crippen LogP contribution in [-0.2, 0) is 6.54 Å². The lowest BCUT2D eigenvalue weighted by molar-refractivity contribution is 0.135. The van der Waals surface area contributed by atoms with Crippen LogP contribution in [0.25, 0.3) is 0 Å². The van der Waals surface area contributed by atoms with Crippen molar-refractivity contribution in [3.05, 3.63) is 20.8 Å². The Bertz CT molecular complexity index is 383. The zero-order valence-corrected chi connectivity index (χ0v) is 14.3. The van der Waals surface area contributed by atoms with Crippen molar-refractivity contribution >= 4 is 27.3 Å². The van der Waals surface area contributed by atoms with Crippen LogP contribution >= 0.6 is 27.3 Å². The van der Waals surface area contributed by atoms with E-state index in [-0.39, 0.29) is 0 Å². The number of rotatable bonds is 6. The fourth-order valence-electron chi connectivity index (χ4n) is 2.60. The second-order valence-electron chi connectivity index (χ2n) is 5.45. The van der Waals surface area contributed by atoms with E-state index in [1.165, 1.54) is 35.3 Å². The number of halogens is 1. The van der Waals surface area contributed by atoms with Gasteiger partial charge in [0.05, 0.1) is 0 Å². The van der Waals surface area contributed by atoms with Gasteiger partial charge in [0.2, 0.25) is 0 Å². The second-order valence-corrected chi connectivity index (χ2v) is 7.36. The fraction of sp³-hybridized carbons (Fsp3) is 0.714. The molecule has 0 aromatic carbocycles. The SMILES string of the molecule is CN1CCCC(N(C)CCNCc2cc(Br)cs2)C1. The van der Waals surface area contributed by atoms with E-state index in [1.54, 1.807) is 0 Å². The Morgan fingerprint density at radius 3 is 3.11 bits per heavy atom. The minimum Gasteiger partial charge on any atom is -0.311 e. The number of likely N-dealkylation sites (N-methyl/N-ethyl adjacent to an activating group) is 2. The van der Waals surface area contributed by atoms with Gasteiger partial charge in [-0.2, -0.15) is 0 Å². The van der Waals surface area contributed by atoms with Gasteiger partial charge in [0.15, 0.2) is 0 Å². The number of piperidine rings is 1. The van der Waals surface area contributed by atoms with Gasteiger partial charge in [-0.15, -0.1) is 11.3 Å². The molecule has 1 aromatic heterocycles. The van der Waals surface area contributed by atoms with Crippen molar-refractivity contribution in [2.75, 3.05) is 40.3 Å². The topological polar surface area (TPSA) is 18.5 Å². The van der Waals surface area contributed by atoms with E-state index in [2.05, 4.69) is 56.6 Å². The number of nitrogens with one attached hydrogen (secondary N) is 1. The molecule has 0 amide bonds. The highest BCUT2D eigenvalue weighted by atomic mass is 79.9. The van der Waals surface area contributed by atoms with E-state index in [0.29, 0.717) is 0 Å². The Labute approximate surface area is 129 Å². The van der Waals surface area contributed by atoms with Gasteiger partial charge in [0.25, 0.3) is 0 Å². The molecule has 2 rings (SSSR count). The van der Waals surface area contributed by atoms with Crippen molar-refractivity contribution in [3.8, 4) is 0 Å². The largest absolute Gasteiger partial charge is 0.311 e. The smallest absolute Gasteiger partial charge is 0.0300 e. The molecule has 0 radical (unpaired) electrons. The number of likely N-dealkylation sites (tertiary alicyclic amines) is 1. The van der Waals surface area contributed by atoms with Crippen LogP contribution in [0.5, 0.6) is 0 Å². The molecule has 0 aliphatic carbocycles. The molecule has 3 nitrogen and oxygen atoms in total. The van der Waals surface area contributed by atoms with Gasteiger partial charge in [-0.05, 0) is 55.5 Å². The monoisotopic (exact) mass is 345 g/mol. The van der Waals surface area contributed by atoms with Gasteiger partial charge in [-0.1, -0.05) is 0 Å². The highest BCUT2D eigenvalue weighted by Gasteiger charge is 2.20. The van der Waals surface area contributed by atoms with Crippen molar-refractivity contribution in [2.45, 2.75) is 25.4 Å². The summed E-state index contributed by atoms with van der Waals surface area (Å²) >= 11 is 5.30. The standard InChI is InChI=1S/C14H24BrN3S/c1-17-6-3-4-13(10-17)18(2)7-5-16-9-14-8-12(15)11-19-14/h8,11,13,16H,3-7,9-10H2,1-2H3. The summed E-state index contributed by atoms with van der Waals surface area (Å²) in [4.78, 5) is 6.35. The Balaban J connectivity index is 1.62. The zero-order valence-electron chi connectivity index (χ0n) is 11.9. The third kappa shape index (κ3) is 5.16. The third-order valence-corrected chi connectivity index (χ3v) is 5.48. The Kier molecular flexibility index (Phi) is 6.29. The molecule has 1 atom stereocenters. The lowest BCUT2D eigenvalue weighted by Gasteiger charge is -2.35. The predicted octanol–water partition coefficient (Wildman–Crippen LogP) is 2.63. The second kappa shape index (κ2) is 7.74. The molecule has 108 valence electrons. The van der Waals surface area contributed by atoms with E-state index in [1.807, 2.05) is 11.3 Å². The van der Waals surface area contributed by atoms with Crippen LogP contribution in [0.1, 0.15) is 17.7 Å². The van der Waals surface area contributed by atoms with Gasteiger partial charge < -0.3 is 15.1 Å². The number of hydrogen-bond donors (Lipinski definition) is 1. The van der Waals surface area contributed by atoms with Crippen LogP contribution in [-0.4, -0.2) is 56.1 Å². The van der Waals surface area contributed by atoms with Crippen LogP contribution in [0.3, 0.4) is 0 Å². The van der Waals surface area contributed by atoms with Gasteiger partial charge in [-0.25, -0.2) is 0 Å². The summed E-state index contributed by atoms with van der Waals surface area (Å²) in [5.41, 5.74) is 0. The van der Waals surface area contributed by atoms with Crippen molar-refractivity contribution in [1.82, 2.24) is 15.1 Å². The highest BCUT2D eigenvalue weighted by Crippen LogP contribution is 2.19. The van der Waals surface area contributed by atoms with Crippen molar-refractivity contribution in [2.24, 2.45) is 0 Å². The Morgan fingerprint density at radius 1 is 1.58 bits per heavy atom. The first-order valence-electron chi connectivity index (χ1n) is 6.97. The zero-order chi connectivity index (χ0) is 13.7. The average Bonchev–Trinajstić information content (AvgIpc) is 2.80. The van der Waals surface area contributed by atoms with E-state index >= 15 is 0 Å². The van der Waals surface area contributed by atoms with Crippen molar-refractivity contribution < 1.29 is 0 Å². The molecule has 0 bridgehead atoms. The normalized spacial score (nSPS) is 21.2. The lowest BCUT2D eigenvalue weighted by Crippen LogP contribution is -2.46. The van der Waals surface area contributed by atoms with Gasteiger partial charge in [-0.3, -0.25) is 0 Å². The average molecular weight is 346 g/mol. The molecule has 1 saturated heterocycles. The molecular weight excluding hydrogens is 322 g/mol. The highest BCUT2D eigenvalue weighted by molar-refractivity contribution is 9.10. The molecular formula is C14H24BrN3S. The van der Waals surface area contributed by atoms with Gasteiger partial charge in [0, 0.05) is 47.0 Å². The molecule has 0 saturated carbocycles. The summed E-state index contributed by atoms with van der Waals surface area (Å²) in [5.74, 6) is 0. The summed E-state index contributed by atoms with van der Waals surface area (Å²) < 4.78 is 1.19. The molecule has 1 fully saturated rings. The number of thiophene rings is 1. The van der Waals surface area contributed by atoms with E-state index in [9.17, 15) is 0 Å². The van der Waals surface area contributed by atoms with Crippen molar-refractivity contribution in [3.63, 3.8) is 0 Å². The fourth-order valence-corrected chi connectivity index (χ4v) is 4.02. The predicted molar refractivity (Wildman–Crippen MR) is 86.9 cm³/mol. The molecule has 1 unspecified atom stereocenters. The number of hydrogen-bond acceptors (Lipinski definition) is 4. The molecule has 1 aromatic rings. The van der Waals surface area contributed by atoms with Crippen molar-refractivity contribution in [1.29, 1.82) is 0 Å². The summed E-state index contributed by atoms with van der Waals surface area (Å²) in [6.07, 6.45) is 2.68. The molecule has 1 aliphatic rings. The summed E-state index contributed by atoms with van der Waals surface area (Å²) in [6.45, 7) is 5.65. The minimum atomic E-state index is 0.733. The van der Waals surface area contributed by atoms with Crippen LogP contribution in [0.15, 0.2) is 15.9 Å². The summed E-state index contributed by atoms with van der Waals surface area (Å²) in [7, 11) is 4.49. The molecule has 5 heteroatoms.